The first-order chi connectivity index (χ1) is 31.0. The molecule has 0 aliphatic carbocycles. The minimum absolute atomic E-state index is 0.0359. The highest BCUT2D eigenvalue weighted by Gasteiger charge is 2.37. The number of nitrogens with two attached hydrogens (primary N) is 3. The second-order valence-electron chi connectivity index (χ2n) is 15.3. The molecule has 19 heteroatoms. The number of amides is 5. The number of nitrogens with zero attached hydrogens (tertiary/aromatic N) is 2. The summed E-state index contributed by atoms with van der Waals surface area (Å²) in [5.41, 5.74) is 16.6. The van der Waals surface area contributed by atoms with Crippen molar-refractivity contribution in [1.82, 2.24) is 26.2 Å². The molecule has 65 heavy (non-hydrogen) atoms. The van der Waals surface area contributed by atoms with Gasteiger partial charge in [0.05, 0.1) is 23.7 Å². The Kier molecular flexibility index (Phi) is 21.7. The van der Waals surface area contributed by atoms with Gasteiger partial charge in [-0.25, -0.2) is 0 Å². The Bertz CT molecular complexity index is 2130. The van der Waals surface area contributed by atoms with Gasteiger partial charge in [0, 0.05) is 37.7 Å². The van der Waals surface area contributed by atoms with Crippen molar-refractivity contribution in [2.24, 2.45) is 17.2 Å². The summed E-state index contributed by atoms with van der Waals surface area (Å²) in [5, 5.41) is 19.1. The number of hydrogen-bond donors (Lipinski definition) is 7. The predicted molar refractivity (Wildman–Crippen MR) is 239 cm³/mol. The number of unbranched alkanes of at least 4 members (excludes halogenated alkanes) is 4. The highest BCUT2D eigenvalue weighted by atomic mass is 19.4. The summed E-state index contributed by atoms with van der Waals surface area (Å²) >= 11 is 0. The van der Waals surface area contributed by atoms with E-state index in [4.69, 9.17) is 31.9 Å². The van der Waals surface area contributed by atoms with Crippen molar-refractivity contribution in [1.29, 1.82) is 5.26 Å². The van der Waals surface area contributed by atoms with Crippen molar-refractivity contribution in [3.8, 4) is 28.7 Å². The van der Waals surface area contributed by atoms with Crippen LogP contribution >= 0.6 is 0 Å². The fourth-order valence-electron chi connectivity index (χ4n) is 6.96. The van der Waals surface area contributed by atoms with Crippen molar-refractivity contribution >= 4 is 29.5 Å². The number of alkyl halides is 3. The summed E-state index contributed by atoms with van der Waals surface area (Å²) in [6.45, 7) is 5.48. The number of likely N-dealkylation sites (N-methyl/N-ethyl adjacent to an activating group) is 1. The third kappa shape index (κ3) is 15.8. The van der Waals surface area contributed by atoms with E-state index in [9.17, 15) is 37.1 Å². The summed E-state index contributed by atoms with van der Waals surface area (Å²) < 4.78 is 54.8. The largest absolute Gasteiger partial charge is 0.492 e. The quantitative estimate of drug-likeness (QED) is 0.0717. The van der Waals surface area contributed by atoms with E-state index in [0.717, 1.165) is 49.3 Å². The van der Waals surface area contributed by atoms with Crippen LogP contribution in [-0.2, 0) is 38.2 Å². The van der Waals surface area contributed by atoms with Crippen molar-refractivity contribution in [2.45, 2.75) is 90.0 Å². The standard InChI is InChI=1S/C44H55F3N8O7.C2H7N/c1-4-5-6-7-8-9-28-10-13-31(34(23-28)44(45,46)47)41(58)52-26-38(56)55(3)39-30-12-15-37(62-21-18-50)33(25-30)32-22-29(11-14-36(32)61-20-17-49)24-35(42(59)51-19-16-48)54-40(57)27(2)53-43(39)60;1-2-3/h10-15,22-23,25,27,35,39H,4-9,17-21,24,26,49-50H2,1-3H3,(H,51,59)(H,52,58)(H,53,60)(H,54,57);2-3H2,1H3/t27-,35?,39?;/m0./s1. The minimum Gasteiger partial charge on any atom is -0.492 e. The number of carbonyl (C=O) groups is 5. The first kappa shape index (κ1) is 53.1. The number of halogens is 3. The van der Waals surface area contributed by atoms with Crippen molar-refractivity contribution in [3.63, 3.8) is 0 Å². The molecule has 1 aliphatic rings. The molecule has 0 fully saturated rings. The Morgan fingerprint density at radius 3 is 2.11 bits per heavy atom. The number of rotatable bonds is 18. The Balaban J connectivity index is 0.00000363. The number of ether oxygens (including phenoxy) is 2. The summed E-state index contributed by atoms with van der Waals surface area (Å²) in [4.78, 5) is 69.2. The van der Waals surface area contributed by atoms with Gasteiger partial charge in [-0.1, -0.05) is 57.7 Å². The first-order valence-electron chi connectivity index (χ1n) is 21.7. The van der Waals surface area contributed by atoms with Gasteiger partial charge in [0.2, 0.25) is 23.6 Å². The molecule has 4 rings (SSSR count). The number of nitrogens with one attached hydrogen (secondary N) is 4. The van der Waals surface area contributed by atoms with E-state index in [-0.39, 0.29) is 44.8 Å². The van der Waals surface area contributed by atoms with Crippen LogP contribution in [0.2, 0.25) is 0 Å². The third-order valence-corrected chi connectivity index (χ3v) is 10.2. The monoisotopic (exact) mass is 909 g/mol. The molecule has 1 aliphatic heterocycles. The predicted octanol–water partition coefficient (Wildman–Crippen LogP) is 3.64. The molecule has 3 aromatic carbocycles. The molecule has 4 bridgehead atoms. The zero-order valence-corrected chi connectivity index (χ0v) is 37.4. The average molecular weight is 910 g/mol. The molecular formula is C46H62F3N9O7. The van der Waals surface area contributed by atoms with Gasteiger partial charge in [0.15, 0.2) is 0 Å². The zero-order valence-electron chi connectivity index (χ0n) is 37.4. The normalized spacial score (nSPS) is 16.0. The fraction of sp³-hybridized carbons (Fsp3) is 0.478. The topological polar surface area (TPSA) is 257 Å². The lowest BCUT2D eigenvalue weighted by atomic mass is 9.93. The van der Waals surface area contributed by atoms with E-state index in [2.05, 4.69) is 28.2 Å². The van der Waals surface area contributed by atoms with Crippen LogP contribution < -0.4 is 47.9 Å². The van der Waals surface area contributed by atoms with Gasteiger partial charge in [-0.15, -0.1) is 0 Å². The molecular weight excluding hydrogens is 848 g/mol. The van der Waals surface area contributed by atoms with E-state index in [1.54, 1.807) is 30.3 Å². The van der Waals surface area contributed by atoms with Crippen LogP contribution in [0.1, 0.15) is 91.5 Å². The van der Waals surface area contributed by atoms with Gasteiger partial charge in [-0.3, -0.25) is 24.0 Å². The molecule has 0 aromatic heterocycles. The Hall–Kier alpha value is -6.23. The highest BCUT2D eigenvalue weighted by molar-refractivity contribution is 5.99. The number of carbonyl (C=O) groups excluding carboxylic acids is 5. The molecule has 16 nitrogen and oxygen atoms in total. The molecule has 3 atom stereocenters. The lowest BCUT2D eigenvalue weighted by Crippen LogP contribution is -2.55. The number of nitriles is 1. The Morgan fingerprint density at radius 2 is 1.49 bits per heavy atom. The maximum absolute atomic E-state index is 14.3. The summed E-state index contributed by atoms with van der Waals surface area (Å²) in [5.74, 6) is -3.61. The molecule has 2 unspecified atom stereocenters. The van der Waals surface area contributed by atoms with E-state index >= 15 is 0 Å². The lowest BCUT2D eigenvalue weighted by Gasteiger charge is -2.30. The smallest absolute Gasteiger partial charge is 0.417 e. The third-order valence-electron chi connectivity index (χ3n) is 10.2. The van der Waals surface area contributed by atoms with Gasteiger partial charge in [-0.05, 0) is 79.4 Å². The van der Waals surface area contributed by atoms with E-state index < -0.39 is 71.5 Å². The van der Waals surface area contributed by atoms with Crippen molar-refractivity contribution < 1.29 is 46.6 Å². The average Bonchev–Trinajstić information content (AvgIpc) is 3.28. The number of aryl methyl sites for hydroxylation is 1. The molecule has 5 amide bonds. The van der Waals surface area contributed by atoms with Crippen LogP contribution in [0.4, 0.5) is 13.2 Å². The van der Waals surface area contributed by atoms with Gasteiger partial charge >= 0.3 is 6.18 Å². The van der Waals surface area contributed by atoms with Crippen LogP contribution in [0.15, 0.2) is 54.6 Å². The van der Waals surface area contributed by atoms with E-state index in [1.165, 1.54) is 26.1 Å². The van der Waals surface area contributed by atoms with Crippen LogP contribution in [0.25, 0.3) is 11.1 Å². The summed E-state index contributed by atoms with van der Waals surface area (Å²) in [7, 11) is 1.27. The number of fused-ring (bicyclic) bond motifs is 5. The SMILES string of the molecule is CCCCCCCc1ccc(C(=O)NCC(=O)N(C)C2C(=O)N[C@@H](C)C(=O)NC(C(=O)NCC#N)Cc3ccc(OCCN)c(c3)-c3cc2ccc3OCCN)c(C(F)(F)F)c1.CCN. The second kappa shape index (κ2) is 26.5. The molecule has 0 saturated carbocycles. The van der Waals surface area contributed by atoms with Gasteiger partial charge in [0.25, 0.3) is 5.91 Å². The fourth-order valence-corrected chi connectivity index (χ4v) is 6.96. The minimum atomic E-state index is -4.86. The van der Waals surface area contributed by atoms with Gasteiger partial charge < -0.3 is 52.8 Å². The molecule has 0 saturated heterocycles. The first-order valence-corrected chi connectivity index (χ1v) is 21.7. The summed E-state index contributed by atoms with van der Waals surface area (Å²) in [6, 6.07) is 11.1. The Morgan fingerprint density at radius 1 is 0.862 bits per heavy atom. The number of hydrogen-bond acceptors (Lipinski definition) is 11. The number of benzene rings is 3. The zero-order chi connectivity index (χ0) is 48.1. The van der Waals surface area contributed by atoms with Crippen molar-refractivity contribution in [3.05, 3.63) is 82.4 Å². The highest BCUT2D eigenvalue weighted by Crippen LogP contribution is 2.40. The second-order valence-corrected chi connectivity index (χ2v) is 15.3. The lowest BCUT2D eigenvalue weighted by molar-refractivity contribution is -0.139. The summed E-state index contributed by atoms with van der Waals surface area (Å²) in [6.07, 6.45) is 0.125. The van der Waals surface area contributed by atoms with Gasteiger partial charge in [-0.2, -0.15) is 18.4 Å². The van der Waals surface area contributed by atoms with Crippen LogP contribution in [-0.4, -0.2) is 99.5 Å². The molecule has 3 aromatic rings. The maximum atomic E-state index is 14.3. The van der Waals surface area contributed by atoms with Crippen LogP contribution in [0, 0.1) is 11.3 Å². The van der Waals surface area contributed by atoms with Crippen molar-refractivity contribution in [2.75, 3.05) is 53.0 Å². The molecule has 0 radical (unpaired) electrons. The van der Waals surface area contributed by atoms with Crippen LogP contribution in [0.5, 0.6) is 11.5 Å². The Labute approximate surface area is 378 Å². The molecule has 10 N–H and O–H groups in total. The van der Waals surface area contributed by atoms with E-state index in [1.807, 2.05) is 13.0 Å². The van der Waals surface area contributed by atoms with Gasteiger partial charge in [0.1, 0.15) is 49.4 Å². The van der Waals surface area contributed by atoms with Crippen LogP contribution in [0.3, 0.4) is 0 Å². The molecule has 0 spiro atoms. The molecule has 354 valence electrons. The molecule has 1 heterocycles. The van der Waals surface area contributed by atoms with E-state index in [0.29, 0.717) is 46.6 Å². The maximum Gasteiger partial charge on any atom is 0.417 e.